The molecule has 3 amide bonds. The van der Waals surface area contributed by atoms with E-state index in [-0.39, 0.29) is 24.0 Å². The Hall–Kier alpha value is -1.56. The first kappa shape index (κ1) is 14.4. The summed E-state index contributed by atoms with van der Waals surface area (Å²) in [6, 6.07) is 0.183. The lowest BCUT2D eigenvalue weighted by molar-refractivity contribution is -0.122. The third-order valence-corrected chi connectivity index (χ3v) is 4.56. The maximum absolute atomic E-state index is 12.3. The molecular weight excluding hydrogens is 268 g/mol. The number of hydrogen-bond acceptors (Lipinski definition) is 3. The van der Waals surface area contributed by atoms with E-state index in [0.717, 1.165) is 58.4 Å². The monoisotopic (exact) mass is 292 g/mol. The van der Waals surface area contributed by atoms with Gasteiger partial charge in [0.1, 0.15) is 6.04 Å². The second-order valence-corrected chi connectivity index (χ2v) is 6.06. The van der Waals surface area contributed by atoms with Gasteiger partial charge in [-0.25, -0.2) is 4.79 Å². The van der Waals surface area contributed by atoms with Crippen molar-refractivity contribution in [3.8, 4) is 0 Å². The summed E-state index contributed by atoms with van der Waals surface area (Å²) >= 11 is 0. The Labute approximate surface area is 125 Å². The normalized spacial score (nSPS) is 26.4. The first-order valence-electron chi connectivity index (χ1n) is 7.98. The van der Waals surface area contributed by atoms with Gasteiger partial charge in [-0.2, -0.15) is 0 Å². The van der Waals surface area contributed by atoms with E-state index in [9.17, 15) is 9.59 Å². The Balaban J connectivity index is 1.43. The maximum Gasteiger partial charge on any atom is 0.319 e. The third kappa shape index (κ3) is 3.37. The highest BCUT2D eigenvalue weighted by molar-refractivity contribution is 5.84. The molecule has 3 aliphatic rings. The van der Waals surface area contributed by atoms with Crippen LogP contribution in [0, 0.1) is 0 Å². The molecule has 0 bridgehead atoms. The predicted octanol–water partition coefficient (Wildman–Crippen LogP) is 0.311. The number of carbonyl (C=O) groups is 2. The highest BCUT2D eigenvalue weighted by Crippen LogP contribution is 2.16. The predicted molar refractivity (Wildman–Crippen MR) is 79.9 cm³/mol. The van der Waals surface area contributed by atoms with Crippen molar-refractivity contribution >= 4 is 11.9 Å². The summed E-state index contributed by atoms with van der Waals surface area (Å²) in [6.07, 6.45) is 7.83. The van der Waals surface area contributed by atoms with Crippen molar-refractivity contribution in [1.29, 1.82) is 0 Å². The van der Waals surface area contributed by atoms with Gasteiger partial charge in [-0.15, -0.1) is 0 Å². The molecule has 0 unspecified atom stereocenters. The van der Waals surface area contributed by atoms with Crippen molar-refractivity contribution in [2.24, 2.45) is 0 Å². The molecular formula is C15H24N4O2. The molecule has 3 rings (SSSR count). The molecule has 2 N–H and O–H groups in total. The van der Waals surface area contributed by atoms with Gasteiger partial charge < -0.3 is 15.1 Å². The minimum Gasteiger partial charge on any atom is -0.352 e. The molecule has 0 spiro atoms. The third-order valence-electron chi connectivity index (χ3n) is 4.56. The number of nitrogens with zero attached hydrogens (tertiary/aromatic N) is 2. The summed E-state index contributed by atoms with van der Waals surface area (Å²) in [4.78, 5) is 28.2. The lowest BCUT2D eigenvalue weighted by Crippen LogP contribution is -2.52. The number of carbonyl (C=O) groups excluding carboxylic acids is 2. The number of likely N-dealkylation sites (tertiary alicyclic amines) is 2. The van der Waals surface area contributed by atoms with Gasteiger partial charge in [-0.3, -0.25) is 10.1 Å². The molecule has 21 heavy (non-hydrogen) atoms. The van der Waals surface area contributed by atoms with Crippen LogP contribution in [-0.2, 0) is 4.79 Å². The highest BCUT2D eigenvalue weighted by atomic mass is 16.2. The zero-order valence-corrected chi connectivity index (χ0v) is 12.4. The minimum atomic E-state index is -0.186. The van der Waals surface area contributed by atoms with Crippen molar-refractivity contribution in [3.05, 3.63) is 12.2 Å². The van der Waals surface area contributed by atoms with Crippen LogP contribution in [-0.4, -0.2) is 66.5 Å². The van der Waals surface area contributed by atoms with E-state index < -0.39 is 0 Å². The quantitative estimate of drug-likeness (QED) is 0.720. The smallest absolute Gasteiger partial charge is 0.319 e. The maximum atomic E-state index is 12.3. The average Bonchev–Trinajstić information content (AvgIpc) is 3.20. The van der Waals surface area contributed by atoms with E-state index in [1.807, 2.05) is 22.0 Å². The first-order chi connectivity index (χ1) is 10.2. The van der Waals surface area contributed by atoms with Crippen LogP contribution in [0.15, 0.2) is 12.2 Å². The topological polar surface area (TPSA) is 64.7 Å². The molecule has 0 aromatic heterocycles. The van der Waals surface area contributed by atoms with Gasteiger partial charge in [0.15, 0.2) is 0 Å². The molecule has 0 radical (unpaired) electrons. The van der Waals surface area contributed by atoms with Crippen LogP contribution in [0.25, 0.3) is 0 Å². The van der Waals surface area contributed by atoms with Crippen LogP contribution in [0.1, 0.15) is 25.7 Å². The minimum absolute atomic E-state index is 0.0491. The van der Waals surface area contributed by atoms with Gasteiger partial charge in [-0.05, 0) is 25.7 Å². The van der Waals surface area contributed by atoms with Crippen LogP contribution in [0.5, 0.6) is 0 Å². The molecule has 2 saturated heterocycles. The Morgan fingerprint density at radius 2 is 1.71 bits per heavy atom. The van der Waals surface area contributed by atoms with Crippen molar-refractivity contribution in [3.63, 3.8) is 0 Å². The largest absolute Gasteiger partial charge is 0.352 e. The molecule has 6 heteroatoms. The van der Waals surface area contributed by atoms with Crippen LogP contribution < -0.4 is 10.6 Å². The Bertz CT molecular complexity index is 423. The molecule has 3 heterocycles. The lowest BCUT2D eigenvalue weighted by atomic mass is 10.0. The van der Waals surface area contributed by atoms with Gasteiger partial charge >= 0.3 is 6.03 Å². The molecule has 0 saturated carbocycles. The van der Waals surface area contributed by atoms with Gasteiger partial charge in [0.25, 0.3) is 0 Å². The molecule has 3 aliphatic heterocycles. The van der Waals surface area contributed by atoms with E-state index in [0.29, 0.717) is 0 Å². The molecule has 6 nitrogen and oxygen atoms in total. The summed E-state index contributed by atoms with van der Waals surface area (Å²) in [5.41, 5.74) is 0. The zero-order valence-electron chi connectivity index (χ0n) is 12.4. The fraction of sp³-hybridized carbons (Fsp3) is 0.733. The number of rotatable bonds is 2. The van der Waals surface area contributed by atoms with Gasteiger partial charge in [0.05, 0.1) is 0 Å². The molecule has 0 aliphatic carbocycles. The Morgan fingerprint density at radius 3 is 2.33 bits per heavy atom. The number of piperidine rings is 1. The number of hydrogen-bond donors (Lipinski definition) is 2. The fourth-order valence-corrected chi connectivity index (χ4v) is 3.26. The second-order valence-electron chi connectivity index (χ2n) is 6.06. The number of amides is 3. The molecule has 116 valence electrons. The molecule has 0 aromatic rings. The van der Waals surface area contributed by atoms with Crippen molar-refractivity contribution < 1.29 is 9.59 Å². The van der Waals surface area contributed by atoms with Gasteiger partial charge in [0, 0.05) is 38.8 Å². The summed E-state index contributed by atoms with van der Waals surface area (Å²) in [5.74, 6) is 0.0491. The standard InChI is InChI=1S/C15H24N4O2/c20-14(13-4-3-7-16-13)17-12-5-10-19(11-6-12)15(21)18-8-1-2-9-18/h3-4,12-13,16H,1-2,5-11H2,(H,17,20)/t13-/m0/s1. The Morgan fingerprint density at radius 1 is 1.05 bits per heavy atom. The summed E-state index contributed by atoms with van der Waals surface area (Å²) in [5, 5.41) is 6.20. The number of urea groups is 1. The van der Waals surface area contributed by atoms with Crippen molar-refractivity contribution in [2.45, 2.75) is 37.8 Å². The summed E-state index contributed by atoms with van der Waals surface area (Å²) < 4.78 is 0. The molecule has 2 fully saturated rings. The highest BCUT2D eigenvalue weighted by Gasteiger charge is 2.29. The van der Waals surface area contributed by atoms with Crippen molar-refractivity contribution in [1.82, 2.24) is 20.4 Å². The van der Waals surface area contributed by atoms with Crippen LogP contribution in [0.3, 0.4) is 0 Å². The average molecular weight is 292 g/mol. The van der Waals surface area contributed by atoms with E-state index in [4.69, 9.17) is 0 Å². The van der Waals surface area contributed by atoms with Crippen LogP contribution in [0.4, 0.5) is 4.79 Å². The number of nitrogens with one attached hydrogen (secondary N) is 2. The fourth-order valence-electron chi connectivity index (χ4n) is 3.26. The molecule has 0 aromatic carbocycles. The Kier molecular flexibility index (Phi) is 4.43. The van der Waals surface area contributed by atoms with E-state index in [1.165, 1.54) is 0 Å². The van der Waals surface area contributed by atoms with Crippen LogP contribution >= 0.6 is 0 Å². The van der Waals surface area contributed by atoms with E-state index >= 15 is 0 Å². The van der Waals surface area contributed by atoms with Gasteiger partial charge in [0.2, 0.25) is 5.91 Å². The zero-order chi connectivity index (χ0) is 14.7. The van der Waals surface area contributed by atoms with Crippen LogP contribution in [0.2, 0.25) is 0 Å². The van der Waals surface area contributed by atoms with E-state index in [2.05, 4.69) is 10.6 Å². The summed E-state index contributed by atoms with van der Waals surface area (Å²) in [6.45, 7) is 4.05. The molecule has 1 atom stereocenters. The SMILES string of the molecule is O=C(NC1CCN(C(=O)N2CCCC2)CC1)[C@@H]1C=CCN1. The van der Waals surface area contributed by atoms with Gasteiger partial charge in [-0.1, -0.05) is 12.2 Å². The second kappa shape index (κ2) is 6.47. The van der Waals surface area contributed by atoms with E-state index in [1.54, 1.807) is 0 Å². The first-order valence-corrected chi connectivity index (χ1v) is 7.98. The lowest BCUT2D eigenvalue weighted by Gasteiger charge is -2.35. The van der Waals surface area contributed by atoms with Crippen molar-refractivity contribution in [2.75, 3.05) is 32.7 Å². The summed E-state index contributed by atoms with van der Waals surface area (Å²) in [7, 11) is 0.